The smallest absolute Gasteiger partial charge is 0.202 e. The Morgan fingerprint density at radius 2 is 1.94 bits per heavy atom. The molecule has 5 N–H and O–H groups in total. The van der Waals surface area contributed by atoms with E-state index in [1.165, 1.54) is 17.3 Å². The van der Waals surface area contributed by atoms with E-state index in [1.807, 2.05) is 0 Å². The summed E-state index contributed by atoms with van der Waals surface area (Å²) in [5, 5.41) is 7.11. The number of aromatic amines is 1. The minimum atomic E-state index is -0.598. The molecule has 0 unspecified atom stereocenters. The Morgan fingerprint density at radius 1 is 1.12 bits per heavy atom. The van der Waals surface area contributed by atoms with E-state index in [2.05, 4.69) is 49.3 Å². The first kappa shape index (κ1) is 19.1. The molecule has 0 saturated carbocycles. The summed E-state index contributed by atoms with van der Waals surface area (Å²) in [5.74, 6) is 0.00713. The Labute approximate surface area is 183 Å². The van der Waals surface area contributed by atoms with Gasteiger partial charge in [0.15, 0.2) is 11.6 Å². The van der Waals surface area contributed by atoms with Gasteiger partial charge in [0.25, 0.3) is 0 Å². The Hall–Kier alpha value is -3.59. The van der Waals surface area contributed by atoms with Crippen LogP contribution in [0, 0.1) is 11.2 Å². The number of pyridine rings is 1. The molecule has 1 spiro atoms. The number of H-pyrrole nitrogens is 1. The lowest BCUT2D eigenvalue weighted by Crippen LogP contribution is -2.44. The van der Waals surface area contributed by atoms with Crippen molar-refractivity contribution in [1.29, 1.82) is 0 Å². The number of halogens is 1. The zero-order chi connectivity index (χ0) is 21.9. The zero-order valence-corrected chi connectivity index (χ0v) is 17.4. The number of nitrogens with zero attached hydrogens (tertiary/aromatic N) is 5. The molecule has 1 aromatic carbocycles. The van der Waals surface area contributed by atoms with Crippen molar-refractivity contribution >= 4 is 22.8 Å². The Kier molecular flexibility index (Phi) is 4.16. The van der Waals surface area contributed by atoms with Crippen LogP contribution in [0.25, 0.3) is 22.4 Å². The maximum atomic E-state index is 14.4. The number of hydrogen-bond donors (Lipinski definition) is 3. The molecule has 3 aromatic heterocycles. The van der Waals surface area contributed by atoms with Crippen LogP contribution in [0.4, 0.5) is 16.0 Å². The number of nitrogen functional groups attached to an aromatic ring is 1. The summed E-state index contributed by atoms with van der Waals surface area (Å²) in [6, 6.07) is 10.1. The third kappa shape index (κ3) is 2.77. The number of rotatable bonds is 2. The zero-order valence-electron chi connectivity index (χ0n) is 17.4. The van der Waals surface area contributed by atoms with Crippen molar-refractivity contribution in [1.82, 2.24) is 25.1 Å². The molecule has 0 amide bonds. The fourth-order valence-electron chi connectivity index (χ4n) is 5.27. The van der Waals surface area contributed by atoms with Gasteiger partial charge in [-0.25, -0.2) is 19.3 Å². The second-order valence-electron chi connectivity index (χ2n) is 8.76. The van der Waals surface area contributed by atoms with Crippen LogP contribution in [0.2, 0.25) is 0 Å². The van der Waals surface area contributed by atoms with E-state index >= 15 is 0 Å². The maximum Gasteiger partial charge on any atom is 0.202 e. The third-order valence-electron chi connectivity index (χ3n) is 7.11. The Morgan fingerprint density at radius 3 is 2.75 bits per heavy atom. The van der Waals surface area contributed by atoms with E-state index in [0.29, 0.717) is 16.9 Å². The van der Waals surface area contributed by atoms with E-state index < -0.39 is 5.82 Å². The fraction of sp³-hybridized carbons (Fsp3) is 0.304. The number of fused-ring (bicyclic) bond motifs is 2. The van der Waals surface area contributed by atoms with Crippen LogP contribution in [0.1, 0.15) is 30.0 Å². The molecule has 0 bridgehead atoms. The predicted octanol–water partition coefficient (Wildman–Crippen LogP) is 2.98. The van der Waals surface area contributed by atoms with Gasteiger partial charge in [0.1, 0.15) is 11.3 Å². The van der Waals surface area contributed by atoms with Crippen LogP contribution in [0.15, 0.2) is 42.7 Å². The molecule has 4 heterocycles. The van der Waals surface area contributed by atoms with E-state index in [9.17, 15) is 4.39 Å². The van der Waals surface area contributed by atoms with E-state index in [4.69, 9.17) is 16.5 Å². The highest BCUT2D eigenvalue weighted by molar-refractivity contribution is 5.88. The largest absolute Gasteiger partial charge is 0.381 e. The number of piperidine rings is 1. The van der Waals surface area contributed by atoms with Crippen LogP contribution in [-0.4, -0.2) is 38.2 Å². The average Bonchev–Trinajstić information content (AvgIpc) is 3.35. The molecule has 1 aliphatic carbocycles. The van der Waals surface area contributed by atoms with Crippen molar-refractivity contribution in [2.75, 3.05) is 23.7 Å². The first-order valence-electron chi connectivity index (χ1n) is 10.8. The third-order valence-corrected chi connectivity index (χ3v) is 7.11. The monoisotopic (exact) mass is 430 g/mol. The molecule has 2 aliphatic rings. The van der Waals surface area contributed by atoms with Crippen LogP contribution in [-0.2, 0) is 6.42 Å². The molecule has 1 atom stereocenters. The number of nitrogens with two attached hydrogens (primary N) is 2. The van der Waals surface area contributed by atoms with Gasteiger partial charge in [-0.05, 0) is 41.9 Å². The molecule has 1 fully saturated rings. The summed E-state index contributed by atoms with van der Waals surface area (Å²) in [4.78, 5) is 15.2. The summed E-state index contributed by atoms with van der Waals surface area (Å²) in [6.07, 6.45) is 6.21. The van der Waals surface area contributed by atoms with Gasteiger partial charge in [0.2, 0.25) is 5.65 Å². The molecule has 1 saturated heterocycles. The first-order chi connectivity index (χ1) is 15.6. The molecule has 0 radical (unpaired) electrons. The highest BCUT2D eigenvalue weighted by atomic mass is 19.1. The van der Waals surface area contributed by atoms with Crippen LogP contribution in [0.3, 0.4) is 0 Å². The second-order valence-corrected chi connectivity index (χ2v) is 8.76. The van der Waals surface area contributed by atoms with Crippen LogP contribution in [0.5, 0.6) is 0 Å². The number of benzene rings is 1. The molecule has 1 aliphatic heterocycles. The van der Waals surface area contributed by atoms with Gasteiger partial charge in [0.05, 0.1) is 11.9 Å². The van der Waals surface area contributed by atoms with Crippen molar-refractivity contribution in [2.24, 2.45) is 11.1 Å². The van der Waals surface area contributed by atoms with Crippen molar-refractivity contribution in [3.8, 4) is 11.3 Å². The lowest BCUT2D eigenvalue weighted by molar-refractivity contribution is 0.187. The fourth-order valence-corrected chi connectivity index (χ4v) is 5.27. The minimum absolute atomic E-state index is 0.0750. The highest BCUT2D eigenvalue weighted by Gasteiger charge is 2.45. The van der Waals surface area contributed by atoms with Crippen LogP contribution >= 0.6 is 0 Å². The quantitative estimate of drug-likeness (QED) is 0.447. The normalized spacial score (nSPS) is 19.6. The Bertz CT molecular complexity index is 1320. The van der Waals surface area contributed by atoms with Gasteiger partial charge in [-0.1, -0.05) is 24.3 Å². The van der Waals surface area contributed by atoms with E-state index in [-0.39, 0.29) is 22.8 Å². The van der Waals surface area contributed by atoms with Gasteiger partial charge in [-0.3, -0.25) is 5.10 Å². The average molecular weight is 430 g/mol. The molecular formula is C23H23FN8. The summed E-state index contributed by atoms with van der Waals surface area (Å²) >= 11 is 0. The van der Waals surface area contributed by atoms with Gasteiger partial charge in [0, 0.05) is 30.9 Å². The number of aromatic nitrogens is 5. The van der Waals surface area contributed by atoms with Crippen molar-refractivity contribution in [3.05, 3.63) is 59.7 Å². The van der Waals surface area contributed by atoms with Gasteiger partial charge >= 0.3 is 0 Å². The summed E-state index contributed by atoms with van der Waals surface area (Å²) < 4.78 is 14.4. The maximum absolute atomic E-state index is 14.4. The van der Waals surface area contributed by atoms with E-state index in [1.54, 1.807) is 12.3 Å². The molecule has 9 heteroatoms. The van der Waals surface area contributed by atoms with Gasteiger partial charge in [-0.15, -0.1) is 0 Å². The number of hydrogen-bond acceptors (Lipinski definition) is 7. The predicted molar refractivity (Wildman–Crippen MR) is 120 cm³/mol. The van der Waals surface area contributed by atoms with Crippen LogP contribution < -0.4 is 16.4 Å². The lowest BCUT2D eigenvalue weighted by atomic mass is 9.73. The summed E-state index contributed by atoms with van der Waals surface area (Å²) in [7, 11) is 0. The molecule has 4 aromatic rings. The van der Waals surface area contributed by atoms with Crippen molar-refractivity contribution in [3.63, 3.8) is 0 Å². The van der Waals surface area contributed by atoms with Gasteiger partial charge < -0.3 is 16.4 Å². The number of anilines is 2. The van der Waals surface area contributed by atoms with Crippen molar-refractivity contribution in [2.45, 2.75) is 25.3 Å². The first-order valence-corrected chi connectivity index (χ1v) is 10.8. The molecule has 6 rings (SSSR count). The highest BCUT2D eigenvalue weighted by Crippen LogP contribution is 2.50. The topological polar surface area (TPSA) is 123 Å². The molecule has 32 heavy (non-hydrogen) atoms. The number of nitrogens with one attached hydrogen (secondary N) is 1. The Balaban J connectivity index is 1.25. The molecule has 162 valence electrons. The summed E-state index contributed by atoms with van der Waals surface area (Å²) in [5.41, 5.74) is 16.7. The van der Waals surface area contributed by atoms with Crippen molar-refractivity contribution < 1.29 is 4.39 Å². The lowest BCUT2D eigenvalue weighted by Gasteiger charge is -2.42. The molecule has 8 nitrogen and oxygen atoms in total. The second kappa shape index (κ2) is 6.96. The standard InChI is InChI=1S/C23H23FN8/c24-17-15(5-8-27-21(17)26)18-19-22(31-30-18)29-16(12-28-19)32-9-6-23(7-10-32)11-13-3-1-2-4-14(13)20(23)25/h1-5,8,12,20H,6-7,9-11,25H2,(H2,26,27)(H,29,30,31)/t20-/m1/s1. The van der Waals surface area contributed by atoms with E-state index in [0.717, 1.165) is 38.2 Å². The molecular weight excluding hydrogens is 407 g/mol. The minimum Gasteiger partial charge on any atom is -0.381 e. The summed E-state index contributed by atoms with van der Waals surface area (Å²) in [6.45, 7) is 1.71. The SMILES string of the molecule is Nc1nccc(-c2[nH]nc3nc(N4CCC5(CC4)Cc4ccccc4[C@H]5N)cnc23)c1F. The van der Waals surface area contributed by atoms with Gasteiger partial charge in [-0.2, -0.15) is 5.10 Å².